The third kappa shape index (κ3) is 3.58. The van der Waals surface area contributed by atoms with Crippen LogP contribution in [0.15, 0.2) is 22.7 Å². The Morgan fingerprint density at radius 1 is 1.35 bits per heavy atom. The van der Waals surface area contributed by atoms with Crippen molar-refractivity contribution < 1.29 is 14.3 Å². The minimum atomic E-state index is -0.914. The van der Waals surface area contributed by atoms with Gasteiger partial charge in [0.25, 0.3) is 0 Å². The van der Waals surface area contributed by atoms with Crippen molar-refractivity contribution in [1.29, 1.82) is 0 Å². The summed E-state index contributed by atoms with van der Waals surface area (Å²) in [6, 6.07) is 5.71. The smallest absolute Gasteiger partial charge is 0.240 e. The van der Waals surface area contributed by atoms with Crippen LogP contribution in [0.1, 0.15) is 31.2 Å². The molecule has 2 fully saturated rings. The molecule has 2 aliphatic rings. The van der Waals surface area contributed by atoms with E-state index in [1.54, 1.807) is 0 Å². The molecule has 23 heavy (non-hydrogen) atoms. The van der Waals surface area contributed by atoms with Gasteiger partial charge in [0.1, 0.15) is 5.41 Å². The molecule has 124 valence electrons. The van der Waals surface area contributed by atoms with Crippen LogP contribution < -0.4 is 10.6 Å². The second-order valence-corrected chi connectivity index (χ2v) is 7.22. The molecule has 1 saturated heterocycles. The molecule has 1 saturated carbocycles. The zero-order valence-corrected chi connectivity index (χ0v) is 14.7. The summed E-state index contributed by atoms with van der Waals surface area (Å²) in [4.78, 5) is 25.0. The van der Waals surface area contributed by atoms with E-state index in [-0.39, 0.29) is 17.9 Å². The summed E-state index contributed by atoms with van der Waals surface area (Å²) in [5.41, 5.74) is 0.882. The summed E-state index contributed by atoms with van der Waals surface area (Å²) in [7, 11) is 0. The van der Waals surface area contributed by atoms with Crippen LogP contribution in [0.4, 0.5) is 5.69 Å². The predicted octanol–water partition coefficient (Wildman–Crippen LogP) is 2.77. The number of benzene rings is 1. The third-order valence-corrected chi connectivity index (χ3v) is 5.16. The Hall–Kier alpha value is -1.40. The van der Waals surface area contributed by atoms with Crippen molar-refractivity contribution in [2.75, 3.05) is 18.5 Å². The van der Waals surface area contributed by atoms with Crippen LogP contribution in [0.25, 0.3) is 0 Å². The summed E-state index contributed by atoms with van der Waals surface area (Å²) in [5, 5.41) is 5.75. The Labute approximate surface area is 144 Å². The molecular weight excluding hydrogens is 360 g/mol. The quantitative estimate of drug-likeness (QED) is 0.771. The largest absolute Gasteiger partial charge is 0.376 e. The summed E-state index contributed by atoms with van der Waals surface area (Å²) in [6.45, 7) is 3.23. The molecule has 0 radical (unpaired) electrons. The van der Waals surface area contributed by atoms with Gasteiger partial charge in [-0.1, -0.05) is 6.07 Å². The van der Waals surface area contributed by atoms with E-state index in [2.05, 4.69) is 26.6 Å². The number of ether oxygens (including phenoxy) is 1. The molecule has 1 aromatic carbocycles. The number of rotatable bonds is 5. The van der Waals surface area contributed by atoms with Crippen molar-refractivity contribution in [2.24, 2.45) is 5.41 Å². The molecule has 6 heteroatoms. The van der Waals surface area contributed by atoms with Gasteiger partial charge in [0.15, 0.2) is 0 Å². The van der Waals surface area contributed by atoms with Crippen LogP contribution in [0.5, 0.6) is 0 Å². The lowest BCUT2D eigenvalue weighted by Crippen LogP contribution is -2.42. The number of halogens is 1. The lowest BCUT2D eigenvalue weighted by atomic mass is 10.0. The summed E-state index contributed by atoms with van der Waals surface area (Å²) in [5.74, 6) is -0.416. The fourth-order valence-electron chi connectivity index (χ4n) is 2.83. The normalized spacial score (nSPS) is 21.7. The van der Waals surface area contributed by atoms with E-state index in [1.165, 1.54) is 0 Å². The highest BCUT2D eigenvalue weighted by molar-refractivity contribution is 9.10. The first-order valence-corrected chi connectivity index (χ1v) is 8.78. The van der Waals surface area contributed by atoms with Crippen molar-refractivity contribution in [3.63, 3.8) is 0 Å². The highest BCUT2D eigenvalue weighted by Crippen LogP contribution is 2.47. The molecule has 2 amide bonds. The first kappa shape index (κ1) is 16.5. The number of amides is 2. The van der Waals surface area contributed by atoms with Gasteiger partial charge in [0.05, 0.1) is 11.8 Å². The highest BCUT2D eigenvalue weighted by atomic mass is 79.9. The van der Waals surface area contributed by atoms with Crippen molar-refractivity contribution in [2.45, 2.75) is 38.7 Å². The van der Waals surface area contributed by atoms with E-state index in [1.807, 2.05) is 25.1 Å². The van der Waals surface area contributed by atoms with E-state index in [0.717, 1.165) is 29.5 Å². The van der Waals surface area contributed by atoms with Gasteiger partial charge in [-0.05, 0) is 66.2 Å². The molecule has 0 bridgehead atoms. The molecule has 5 nitrogen and oxygen atoms in total. The lowest BCUT2D eigenvalue weighted by molar-refractivity contribution is -0.134. The van der Waals surface area contributed by atoms with Gasteiger partial charge >= 0.3 is 0 Å². The minimum Gasteiger partial charge on any atom is -0.376 e. The van der Waals surface area contributed by atoms with Gasteiger partial charge in [-0.15, -0.1) is 0 Å². The number of carbonyl (C=O) groups is 2. The average molecular weight is 381 g/mol. The molecule has 1 unspecified atom stereocenters. The Bertz CT molecular complexity index is 622. The van der Waals surface area contributed by atoms with Gasteiger partial charge in [-0.3, -0.25) is 9.59 Å². The van der Waals surface area contributed by atoms with E-state index in [4.69, 9.17) is 4.74 Å². The fourth-order valence-corrected chi connectivity index (χ4v) is 3.42. The zero-order valence-electron chi connectivity index (χ0n) is 13.2. The first-order chi connectivity index (χ1) is 11.0. The van der Waals surface area contributed by atoms with Crippen molar-refractivity contribution in [3.8, 4) is 0 Å². The lowest BCUT2D eigenvalue weighted by Gasteiger charge is -2.18. The monoisotopic (exact) mass is 380 g/mol. The standard InChI is InChI=1S/C17H21BrN2O3/c1-11-4-5-14(13(18)9-11)20-16(22)17(6-7-17)15(21)19-10-12-3-2-8-23-12/h4-5,9,12H,2-3,6-8,10H2,1H3,(H,19,21)(H,20,22). The Morgan fingerprint density at radius 3 is 2.74 bits per heavy atom. The fraction of sp³-hybridized carbons (Fsp3) is 0.529. The highest BCUT2D eigenvalue weighted by Gasteiger charge is 2.56. The van der Waals surface area contributed by atoms with Crippen LogP contribution >= 0.6 is 15.9 Å². The molecule has 3 rings (SSSR count). The van der Waals surface area contributed by atoms with Gasteiger partial charge < -0.3 is 15.4 Å². The first-order valence-electron chi connectivity index (χ1n) is 7.99. The average Bonchev–Trinajstić information content (AvgIpc) is 3.17. The molecule has 0 spiro atoms. The number of aryl methyl sites for hydroxylation is 1. The number of anilines is 1. The van der Waals surface area contributed by atoms with Crippen LogP contribution in [0, 0.1) is 12.3 Å². The van der Waals surface area contributed by atoms with E-state index in [0.29, 0.717) is 25.1 Å². The summed E-state index contributed by atoms with van der Waals surface area (Å²) < 4.78 is 6.32. The maximum absolute atomic E-state index is 12.5. The number of carbonyl (C=O) groups excluding carboxylic acids is 2. The molecule has 1 aliphatic carbocycles. The molecule has 2 N–H and O–H groups in total. The van der Waals surface area contributed by atoms with Crippen LogP contribution in [-0.2, 0) is 14.3 Å². The molecule has 1 aliphatic heterocycles. The second kappa shape index (κ2) is 6.61. The topological polar surface area (TPSA) is 67.4 Å². The zero-order chi connectivity index (χ0) is 16.4. The van der Waals surface area contributed by atoms with Crippen LogP contribution in [0.2, 0.25) is 0 Å². The van der Waals surface area contributed by atoms with Gasteiger partial charge in [-0.25, -0.2) is 0 Å². The minimum absolute atomic E-state index is 0.0871. The van der Waals surface area contributed by atoms with E-state index in [9.17, 15) is 9.59 Å². The molecule has 1 atom stereocenters. The van der Waals surface area contributed by atoms with Gasteiger partial charge in [-0.2, -0.15) is 0 Å². The Morgan fingerprint density at radius 2 is 2.13 bits per heavy atom. The van der Waals surface area contributed by atoms with Crippen molar-refractivity contribution in [1.82, 2.24) is 5.32 Å². The van der Waals surface area contributed by atoms with Crippen molar-refractivity contribution >= 4 is 33.4 Å². The molecule has 1 heterocycles. The number of nitrogens with one attached hydrogen (secondary N) is 2. The Kier molecular flexibility index (Phi) is 4.73. The summed E-state index contributed by atoms with van der Waals surface area (Å²) in [6.07, 6.45) is 3.28. The third-order valence-electron chi connectivity index (χ3n) is 4.51. The van der Waals surface area contributed by atoms with Crippen LogP contribution in [0.3, 0.4) is 0 Å². The van der Waals surface area contributed by atoms with Crippen LogP contribution in [-0.4, -0.2) is 31.1 Å². The Balaban J connectivity index is 1.60. The molecular formula is C17H21BrN2O3. The maximum atomic E-state index is 12.5. The van der Waals surface area contributed by atoms with Gasteiger partial charge in [0, 0.05) is 17.6 Å². The SMILES string of the molecule is Cc1ccc(NC(=O)C2(C(=O)NCC3CCCO3)CC2)c(Br)c1. The van der Waals surface area contributed by atoms with E-state index < -0.39 is 5.41 Å². The number of hydrogen-bond acceptors (Lipinski definition) is 3. The predicted molar refractivity (Wildman–Crippen MR) is 91.2 cm³/mol. The maximum Gasteiger partial charge on any atom is 0.240 e. The number of hydrogen-bond donors (Lipinski definition) is 2. The van der Waals surface area contributed by atoms with Gasteiger partial charge in [0.2, 0.25) is 11.8 Å². The summed E-state index contributed by atoms with van der Waals surface area (Å²) >= 11 is 3.44. The second-order valence-electron chi connectivity index (χ2n) is 6.36. The van der Waals surface area contributed by atoms with E-state index >= 15 is 0 Å². The molecule has 1 aromatic rings. The molecule has 0 aromatic heterocycles. The van der Waals surface area contributed by atoms with Crippen molar-refractivity contribution in [3.05, 3.63) is 28.2 Å².